The van der Waals surface area contributed by atoms with Crippen LogP contribution in [0.1, 0.15) is 28.4 Å². The summed E-state index contributed by atoms with van der Waals surface area (Å²) in [6, 6.07) is 9.58. The van der Waals surface area contributed by atoms with Gasteiger partial charge < -0.3 is 24.6 Å². The summed E-state index contributed by atoms with van der Waals surface area (Å²) in [6.45, 7) is 3.36. The highest BCUT2D eigenvalue weighted by molar-refractivity contribution is 8.00. The molecule has 0 radical (unpaired) electrons. The fourth-order valence-electron chi connectivity index (χ4n) is 4.47. The summed E-state index contributed by atoms with van der Waals surface area (Å²) >= 11 is 1.73. The van der Waals surface area contributed by atoms with Crippen LogP contribution in [-0.4, -0.2) is 54.1 Å². The first-order valence-electron chi connectivity index (χ1n) is 11.3. The number of hydrogen-bond acceptors (Lipinski definition) is 5. The number of aromatic nitrogens is 1. The molecule has 0 saturated carbocycles. The van der Waals surface area contributed by atoms with E-state index in [1.807, 2.05) is 19.2 Å². The van der Waals surface area contributed by atoms with Crippen LogP contribution >= 0.6 is 11.9 Å². The largest absolute Gasteiger partial charge is 0.390 e. The standard InChI is InChI=1S/C25H31FN4O2S/c1-4-17-15-30-8-9-33-29(3)22-13-18(12-20(17)24(22)30)25(32)28-21(23(31)14-27-2)11-16-6-5-7-19(26)10-16/h5-7,10,12-13,15,21,23,27,31H,4,8-9,11,14H2,1-3H3,(H,28,32)/t21-,23+/m0/s1. The van der Waals surface area contributed by atoms with E-state index in [2.05, 4.69) is 32.6 Å². The monoisotopic (exact) mass is 470 g/mol. The summed E-state index contributed by atoms with van der Waals surface area (Å²) in [5.74, 6) is 0.381. The Balaban J connectivity index is 1.67. The molecule has 6 nitrogen and oxygen atoms in total. The maximum atomic E-state index is 13.7. The summed E-state index contributed by atoms with van der Waals surface area (Å²) in [4.78, 5) is 13.4. The number of rotatable bonds is 8. The zero-order chi connectivity index (χ0) is 23.5. The Morgan fingerprint density at radius 2 is 2.12 bits per heavy atom. The first-order valence-corrected chi connectivity index (χ1v) is 12.3. The minimum Gasteiger partial charge on any atom is -0.390 e. The van der Waals surface area contributed by atoms with Crippen molar-refractivity contribution in [2.24, 2.45) is 0 Å². The van der Waals surface area contributed by atoms with Crippen LogP contribution in [0.5, 0.6) is 0 Å². The molecule has 2 atom stereocenters. The highest BCUT2D eigenvalue weighted by atomic mass is 32.2. The van der Waals surface area contributed by atoms with E-state index in [0.717, 1.165) is 40.9 Å². The van der Waals surface area contributed by atoms with Gasteiger partial charge in [0, 0.05) is 43.0 Å². The molecule has 1 aliphatic rings. The topological polar surface area (TPSA) is 69.5 Å². The van der Waals surface area contributed by atoms with Gasteiger partial charge in [0.1, 0.15) is 5.82 Å². The number of nitrogens with one attached hydrogen (secondary N) is 2. The van der Waals surface area contributed by atoms with Gasteiger partial charge in [0.2, 0.25) is 0 Å². The number of nitrogens with zero attached hydrogens (tertiary/aromatic N) is 2. The average Bonchev–Trinajstić information content (AvgIpc) is 3.07. The molecule has 0 bridgehead atoms. The lowest BCUT2D eigenvalue weighted by atomic mass is 9.99. The van der Waals surface area contributed by atoms with Gasteiger partial charge in [-0.2, -0.15) is 0 Å². The highest BCUT2D eigenvalue weighted by Gasteiger charge is 2.25. The fraction of sp³-hybridized carbons (Fsp3) is 0.400. The van der Waals surface area contributed by atoms with Crippen molar-refractivity contribution in [2.45, 2.75) is 38.5 Å². The molecule has 3 aromatic rings. The third kappa shape index (κ3) is 5.03. The van der Waals surface area contributed by atoms with Crippen molar-refractivity contribution >= 4 is 34.4 Å². The van der Waals surface area contributed by atoms with E-state index in [4.69, 9.17) is 0 Å². The van der Waals surface area contributed by atoms with Crippen molar-refractivity contribution in [2.75, 3.05) is 30.7 Å². The van der Waals surface area contributed by atoms with Gasteiger partial charge in [0.15, 0.2) is 0 Å². The molecule has 33 heavy (non-hydrogen) atoms. The van der Waals surface area contributed by atoms with Crippen LogP contribution in [0.2, 0.25) is 0 Å². The number of amides is 1. The number of hydrogen-bond donors (Lipinski definition) is 3. The first kappa shape index (κ1) is 23.6. The third-order valence-corrected chi connectivity index (χ3v) is 7.12. The molecule has 1 aliphatic heterocycles. The number of benzene rings is 2. The number of aliphatic hydroxyl groups is 1. The molecule has 8 heteroatoms. The van der Waals surface area contributed by atoms with Crippen molar-refractivity contribution < 1.29 is 14.3 Å². The normalized spacial score (nSPS) is 15.4. The van der Waals surface area contributed by atoms with Crippen molar-refractivity contribution in [3.63, 3.8) is 0 Å². The van der Waals surface area contributed by atoms with E-state index in [-0.39, 0.29) is 11.7 Å². The molecule has 0 fully saturated rings. The molecule has 4 rings (SSSR count). The van der Waals surface area contributed by atoms with Crippen molar-refractivity contribution in [1.82, 2.24) is 15.2 Å². The Morgan fingerprint density at radius 1 is 1.30 bits per heavy atom. The molecule has 2 heterocycles. The van der Waals surface area contributed by atoms with Crippen LogP contribution in [-0.2, 0) is 19.4 Å². The molecule has 1 aromatic heterocycles. The predicted octanol–water partition coefficient (Wildman–Crippen LogP) is 3.36. The number of carbonyl (C=O) groups is 1. The van der Waals surface area contributed by atoms with Gasteiger partial charge >= 0.3 is 0 Å². The lowest BCUT2D eigenvalue weighted by Gasteiger charge is -2.25. The van der Waals surface area contributed by atoms with E-state index in [9.17, 15) is 14.3 Å². The van der Waals surface area contributed by atoms with Gasteiger partial charge in [-0.25, -0.2) is 4.39 Å². The van der Waals surface area contributed by atoms with Crippen molar-refractivity contribution in [3.8, 4) is 0 Å². The Bertz CT molecular complexity index is 1150. The van der Waals surface area contributed by atoms with Gasteiger partial charge in [-0.3, -0.25) is 4.79 Å². The van der Waals surface area contributed by atoms with E-state index in [0.29, 0.717) is 18.5 Å². The smallest absolute Gasteiger partial charge is 0.251 e. The van der Waals surface area contributed by atoms with Gasteiger partial charge in [0.25, 0.3) is 5.91 Å². The second kappa shape index (κ2) is 10.2. The summed E-state index contributed by atoms with van der Waals surface area (Å²) in [5.41, 5.74) is 4.66. The molecule has 1 amide bonds. The zero-order valence-corrected chi connectivity index (χ0v) is 20.1. The third-order valence-electron chi connectivity index (χ3n) is 6.17. The Kier molecular flexibility index (Phi) is 7.26. The lowest BCUT2D eigenvalue weighted by molar-refractivity contribution is 0.0834. The van der Waals surface area contributed by atoms with Crippen LogP contribution in [0.3, 0.4) is 0 Å². The van der Waals surface area contributed by atoms with Crippen LogP contribution in [0.15, 0.2) is 42.6 Å². The van der Waals surface area contributed by atoms with Crippen LogP contribution in [0.4, 0.5) is 10.1 Å². The first-order chi connectivity index (χ1) is 15.9. The molecule has 3 N–H and O–H groups in total. The second-order valence-corrected chi connectivity index (χ2v) is 9.68. The SMILES string of the molecule is CCc1cn2c3c(cc(C(=O)N[C@@H](Cc4cccc(F)c4)[C@H](O)CNC)cc13)N(C)SCC2. The molecular formula is C25H31FN4O2S. The highest BCUT2D eigenvalue weighted by Crippen LogP contribution is 2.37. The number of aryl methyl sites for hydroxylation is 2. The minimum absolute atomic E-state index is 0.248. The lowest BCUT2D eigenvalue weighted by Crippen LogP contribution is -2.48. The molecule has 2 aromatic carbocycles. The molecule has 0 unspecified atom stereocenters. The predicted molar refractivity (Wildman–Crippen MR) is 133 cm³/mol. The number of halogens is 1. The van der Waals surface area contributed by atoms with Gasteiger partial charge in [-0.05, 0) is 67.2 Å². The Morgan fingerprint density at radius 3 is 2.85 bits per heavy atom. The van der Waals surface area contributed by atoms with Crippen LogP contribution < -0.4 is 14.9 Å². The maximum absolute atomic E-state index is 13.7. The minimum atomic E-state index is -0.821. The molecule has 0 spiro atoms. The fourth-order valence-corrected chi connectivity index (χ4v) is 5.30. The van der Waals surface area contributed by atoms with Crippen molar-refractivity contribution in [3.05, 3.63) is 65.1 Å². The van der Waals surface area contributed by atoms with E-state index < -0.39 is 12.1 Å². The van der Waals surface area contributed by atoms with E-state index in [1.165, 1.54) is 17.7 Å². The second-order valence-electron chi connectivity index (χ2n) is 8.46. The summed E-state index contributed by atoms with van der Waals surface area (Å²) < 4.78 is 18.1. The maximum Gasteiger partial charge on any atom is 0.251 e. The molecule has 0 saturated heterocycles. The number of aliphatic hydroxyl groups excluding tert-OH is 1. The van der Waals surface area contributed by atoms with Gasteiger partial charge in [0.05, 0.1) is 23.3 Å². The van der Waals surface area contributed by atoms with E-state index >= 15 is 0 Å². The molecular weight excluding hydrogens is 439 g/mol. The Hall–Kier alpha value is -2.55. The van der Waals surface area contributed by atoms with Crippen molar-refractivity contribution in [1.29, 1.82) is 0 Å². The quantitative estimate of drug-likeness (QED) is 0.441. The Labute approximate surface area is 198 Å². The number of likely N-dealkylation sites (N-methyl/N-ethyl adjacent to an activating group) is 1. The summed E-state index contributed by atoms with van der Waals surface area (Å²) in [6.07, 6.45) is 2.58. The summed E-state index contributed by atoms with van der Waals surface area (Å²) in [7, 11) is 3.77. The molecule has 0 aliphatic carbocycles. The number of anilines is 1. The van der Waals surface area contributed by atoms with Gasteiger partial charge in [-0.1, -0.05) is 19.1 Å². The van der Waals surface area contributed by atoms with Gasteiger partial charge in [-0.15, -0.1) is 0 Å². The van der Waals surface area contributed by atoms with Crippen LogP contribution in [0, 0.1) is 5.82 Å². The van der Waals surface area contributed by atoms with Crippen LogP contribution in [0.25, 0.3) is 10.9 Å². The van der Waals surface area contributed by atoms with E-state index in [1.54, 1.807) is 31.1 Å². The average molecular weight is 471 g/mol. The molecule has 176 valence electrons. The number of carbonyl (C=O) groups excluding carboxylic acids is 1. The summed E-state index contributed by atoms with van der Waals surface area (Å²) in [5, 5.41) is 17.7. The zero-order valence-electron chi connectivity index (χ0n) is 19.3.